The molecule has 2 rings (SSSR count). The van der Waals surface area contributed by atoms with E-state index in [9.17, 15) is 9.59 Å². The molecule has 0 saturated heterocycles. The fraction of sp³-hybridized carbons (Fsp3) is 0. The molecular formula is C8H5N3O2. The van der Waals surface area contributed by atoms with E-state index in [1.807, 2.05) is 0 Å². The molecule has 0 atom stereocenters. The number of aromatic nitrogens is 2. The third kappa shape index (κ3) is 1.01. The first kappa shape index (κ1) is 7.60. The molecule has 0 aromatic carbocycles. The second kappa shape index (κ2) is 2.48. The van der Waals surface area contributed by atoms with Gasteiger partial charge in [-0.05, 0) is 0 Å². The number of carbonyl (C=O) groups is 2. The van der Waals surface area contributed by atoms with E-state index in [4.69, 9.17) is 5.73 Å². The number of ketones is 2. The average molecular weight is 175 g/mol. The van der Waals surface area contributed by atoms with Crippen LogP contribution in [0.15, 0.2) is 18.6 Å². The van der Waals surface area contributed by atoms with Crippen molar-refractivity contribution in [3.63, 3.8) is 0 Å². The van der Waals surface area contributed by atoms with Gasteiger partial charge in [0, 0.05) is 12.3 Å². The Balaban J connectivity index is 2.72. The number of nitrogens with two attached hydrogens (primary N) is 1. The lowest BCUT2D eigenvalue weighted by molar-refractivity contribution is -0.111. The summed E-state index contributed by atoms with van der Waals surface area (Å²) in [6.45, 7) is 0. The van der Waals surface area contributed by atoms with E-state index in [0.29, 0.717) is 5.69 Å². The van der Waals surface area contributed by atoms with Crippen LogP contribution in [0.4, 0.5) is 0 Å². The van der Waals surface area contributed by atoms with Crippen LogP contribution < -0.4 is 5.73 Å². The largest absolute Gasteiger partial charge is 0.397 e. The minimum atomic E-state index is -0.625. The minimum Gasteiger partial charge on any atom is -0.397 e. The summed E-state index contributed by atoms with van der Waals surface area (Å²) in [5.41, 5.74) is 6.21. The molecule has 2 N–H and O–H groups in total. The number of rotatable bonds is 0. The summed E-state index contributed by atoms with van der Waals surface area (Å²) < 4.78 is 0. The van der Waals surface area contributed by atoms with Crippen LogP contribution in [0, 0.1) is 0 Å². The predicted octanol–water partition coefficient (Wildman–Crippen LogP) is -0.458. The van der Waals surface area contributed by atoms with Gasteiger partial charge in [0.1, 0.15) is 12.0 Å². The van der Waals surface area contributed by atoms with Crippen molar-refractivity contribution in [3.8, 4) is 0 Å². The Labute approximate surface area is 73.3 Å². The van der Waals surface area contributed by atoms with E-state index < -0.39 is 11.6 Å². The molecule has 1 aliphatic rings. The highest BCUT2D eigenvalue weighted by molar-refractivity contribution is 6.50. The lowest BCUT2D eigenvalue weighted by atomic mass is 9.99. The Morgan fingerprint density at radius 2 is 2.08 bits per heavy atom. The summed E-state index contributed by atoms with van der Waals surface area (Å²) in [5.74, 6) is -1.23. The molecule has 64 valence electrons. The van der Waals surface area contributed by atoms with Gasteiger partial charge in [0.05, 0.1) is 11.3 Å². The van der Waals surface area contributed by atoms with Gasteiger partial charge in [-0.15, -0.1) is 0 Å². The zero-order valence-corrected chi connectivity index (χ0v) is 6.52. The van der Waals surface area contributed by atoms with E-state index >= 15 is 0 Å². The first-order chi connectivity index (χ1) is 6.20. The average Bonchev–Trinajstić information content (AvgIpc) is 2.15. The quantitative estimate of drug-likeness (QED) is 0.539. The van der Waals surface area contributed by atoms with E-state index in [2.05, 4.69) is 9.97 Å². The third-order valence-corrected chi connectivity index (χ3v) is 1.74. The molecule has 1 heterocycles. The van der Waals surface area contributed by atoms with Crippen molar-refractivity contribution in [1.29, 1.82) is 0 Å². The molecule has 1 aliphatic carbocycles. The number of Topliss-reactive ketones (excluding diaryl/α,β-unsaturated/α-hetero) is 1. The van der Waals surface area contributed by atoms with Crippen LogP contribution in [0.3, 0.4) is 0 Å². The zero-order chi connectivity index (χ0) is 9.42. The highest BCUT2D eigenvalue weighted by atomic mass is 16.2. The number of fused-ring (bicyclic) bond motifs is 1. The molecule has 5 nitrogen and oxygen atoms in total. The van der Waals surface area contributed by atoms with E-state index in [0.717, 1.165) is 6.08 Å². The molecule has 1 aromatic rings. The fourth-order valence-electron chi connectivity index (χ4n) is 1.13. The lowest BCUT2D eigenvalue weighted by Crippen LogP contribution is -2.22. The maximum atomic E-state index is 11.2. The van der Waals surface area contributed by atoms with Crippen molar-refractivity contribution in [1.82, 2.24) is 9.97 Å². The summed E-state index contributed by atoms with van der Waals surface area (Å²) in [7, 11) is 0. The van der Waals surface area contributed by atoms with Crippen LogP contribution in [0.5, 0.6) is 0 Å². The smallest absolute Gasteiger partial charge is 0.236 e. The SMILES string of the molecule is NC1=CC(=O)C(=O)c2cncnc21. The topological polar surface area (TPSA) is 85.9 Å². The van der Waals surface area contributed by atoms with Crippen molar-refractivity contribution in [2.75, 3.05) is 0 Å². The van der Waals surface area contributed by atoms with Crippen LogP contribution in [0.25, 0.3) is 5.70 Å². The first-order valence-corrected chi connectivity index (χ1v) is 3.56. The zero-order valence-electron chi connectivity index (χ0n) is 6.52. The van der Waals surface area contributed by atoms with Gasteiger partial charge in [-0.25, -0.2) is 9.97 Å². The second-order valence-corrected chi connectivity index (χ2v) is 2.58. The Hall–Kier alpha value is -2.04. The number of carbonyl (C=O) groups excluding carboxylic acids is 2. The molecular weight excluding hydrogens is 170 g/mol. The second-order valence-electron chi connectivity index (χ2n) is 2.58. The maximum Gasteiger partial charge on any atom is 0.236 e. The standard InChI is InChI=1S/C8H5N3O2/c9-5-1-6(12)8(13)4-2-10-3-11-7(4)5/h1-3H,9H2. The summed E-state index contributed by atoms with van der Waals surface area (Å²) in [4.78, 5) is 29.7. The van der Waals surface area contributed by atoms with Gasteiger partial charge in [-0.2, -0.15) is 0 Å². The Morgan fingerprint density at radius 1 is 1.31 bits per heavy atom. The van der Waals surface area contributed by atoms with Gasteiger partial charge < -0.3 is 5.73 Å². The molecule has 0 radical (unpaired) electrons. The molecule has 0 saturated carbocycles. The summed E-state index contributed by atoms with van der Waals surface area (Å²) in [6, 6.07) is 0. The summed E-state index contributed by atoms with van der Waals surface area (Å²) >= 11 is 0. The van der Waals surface area contributed by atoms with Crippen molar-refractivity contribution in [2.24, 2.45) is 5.73 Å². The molecule has 0 amide bonds. The van der Waals surface area contributed by atoms with E-state index in [1.165, 1.54) is 12.5 Å². The number of nitrogens with zero attached hydrogens (tertiary/aromatic N) is 2. The monoisotopic (exact) mass is 175 g/mol. The first-order valence-electron chi connectivity index (χ1n) is 3.56. The molecule has 0 bridgehead atoms. The molecule has 13 heavy (non-hydrogen) atoms. The number of hydrogen-bond acceptors (Lipinski definition) is 5. The highest BCUT2D eigenvalue weighted by Crippen LogP contribution is 2.17. The van der Waals surface area contributed by atoms with Crippen molar-refractivity contribution >= 4 is 17.3 Å². The van der Waals surface area contributed by atoms with Crippen LogP contribution in [-0.4, -0.2) is 21.5 Å². The maximum absolute atomic E-state index is 11.2. The van der Waals surface area contributed by atoms with E-state index in [1.54, 1.807) is 0 Å². The normalized spacial score (nSPS) is 15.2. The van der Waals surface area contributed by atoms with Gasteiger partial charge in [0.25, 0.3) is 0 Å². The van der Waals surface area contributed by atoms with Crippen molar-refractivity contribution in [2.45, 2.75) is 0 Å². The number of hydrogen-bond donors (Lipinski definition) is 1. The van der Waals surface area contributed by atoms with Gasteiger partial charge in [0.2, 0.25) is 11.6 Å². The van der Waals surface area contributed by atoms with Crippen LogP contribution in [0.1, 0.15) is 16.1 Å². The summed E-state index contributed by atoms with van der Waals surface area (Å²) in [6.07, 6.45) is 3.66. The van der Waals surface area contributed by atoms with Gasteiger partial charge in [0.15, 0.2) is 0 Å². The Bertz CT molecular complexity index is 437. The molecule has 0 aliphatic heterocycles. The Morgan fingerprint density at radius 3 is 2.85 bits per heavy atom. The van der Waals surface area contributed by atoms with E-state index in [-0.39, 0.29) is 11.3 Å². The highest BCUT2D eigenvalue weighted by Gasteiger charge is 2.25. The van der Waals surface area contributed by atoms with Gasteiger partial charge >= 0.3 is 0 Å². The third-order valence-electron chi connectivity index (χ3n) is 1.74. The molecule has 0 spiro atoms. The van der Waals surface area contributed by atoms with Crippen molar-refractivity contribution in [3.05, 3.63) is 29.9 Å². The van der Waals surface area contributed by atoms with Gasteiger partial charge in [-0.1, -0.05) is 0 Å². The molecule has 5 heteroatoms. The van der Waals surface area contributed by atoms with Crippen LogP contribution in [-0.2, 0) is 4.79 Å². The van der Waals surface area contributed by atoms with Gasteiger partial charge in [-0.3, -0.25) is 9.59 Å². The number of allylic oxidation sites excluding steroid dienone is 1. The predicted molar refractivity (Wildman–Crippen MR) is 43.5 cm³/mol. The molecule has 1 aromatic heterocycles. The minimum absolute atomic E-state index is 0.174. The fourth-order valence-corrected chi connectivity index (χ4v) is 1.13. The molecule has 0 fully saturated rings. The summed E-state index contributed by atoms with van der Waals surface area (Å²) in [5, 5.41) is 0. The Kier molecular flexibility index (Phi) is 1.45. The van der Waals surface area contributed by atoms with Crippen molar-refractivity contribution < 1.29 is 9.59 Å². The molecule has 0 unspecified atom stereocenters. The lowest BCUT2D eigenvalue weighted by Gasteiger charge is -2.09. The van der Waals surface area contributed by atoms with Crippen LogP contribution >= 0.6 is 0 Å². The van der Waals surface area contributed by atoms with Crippen LogP contribution in [0.2, 0.25) is 0 Å².